The Labute approximate surface area is 98.5 Å². The Kier molecular flexibility index (Phi) is 4.80. The fourth-order valence-corrected chi connectivity index (χ4v) is 1.49. The highest BCUT2D eigenvalue weighted by Crippen LogP contribution is 2.20. The first-order chi connectivity index (χ1) is 8.10. The summed E-state index contributed by atoms with van der Waals surface area (Å²) in [6.45, 7) is 2.06. The zero-order chi connectivity index (χ0) is 12.8. The zero-order valence-electron chi connectivity index (χ0n) is 9.54. The summed E-state index contributed by atoms with van der Waals surface area (Å²) in [5.74, 6) is 0.510. The molecule has 7 nitrogen and oxygen atoms in total. The number of anilines is 1. The average molecular weight is 241 g/mol. The molecule has 0 aliphatic rings. The van der Waals surface area contributed by atoms with Gasteiger partial charge in [-0.05, 0) is 13.0 Å². The summed E-state index contributed by atoms with van der Waals surface area (Å²) in [7, 11) is 0. The van der Waals surface area contributed by atoms with Crippen molar-refractivity contribution < 1.29 is 15.1 Å². The van der Waals surface area contributed by atoms with Crippen LogP contribution in [0, 0.1) is 17.0 Å². The van der Waals surface area contributed by atoms with Gasteiger partial charge < -0.3 is 15.1 Å². The Balaban J connectivity index is 2.97. The molecule has 0 amide bonds. The average Bonchev–Trinajstić information content (AvgIpc) is 2.28. The van der Waals surface area contributed by atoms with Crippen LogP contribution in [0.15, 0.2) is 12.1 Å². The molecule has 0 bridgehead atoms. The fourth-order valence-electron chi connectivity index (χ4n) is 1.49. The third kappa shape index (κ3) is 3.36. The number of aryl methyl sites for hydroxylation is 1. The van der Waals surface area contributed by atoms with Gasteiger partial charge in [-0.3, -0.25) is 10.1 Å². The standard InChI is InChI=1S/C10H15N3O4/c1-8-9(13(16)17)2-3-10(11-8)12(4-6-14)5-7-15/h2-3,14-15H,4-7H2,1H3. The minimum Gasteiger partial charge on any atom is -0.395 e. The van der Waals surface area contributed by atoms with Crippen LogP contribution in [-0.4, -0.2) is 46.4 Å². The minimum absolute atomic E-state index is 0.0401. The number of hydrogen-bond donors (Lipinski definition) is 2. The van der Waals surface area contributed by atoms with Crippen molar-refractivity contribution in [2.75, 3.05) is 31.2 Å². The maximum Gasteiger partial charge on any atom is 0.290 e. The van der Waals surface area contributed by atoms with E-state index >= 15 is 0 Å². The molecule has 0 unspecified atom stereocenters. The molecular weight excluding hydrogens is 226 g/mol. The first kappa shape index (κ1) is 13.3. The lowest BCUT2D eigenvalue weighted by molar-refractivity contribution is -0.385. The van der Waals surface area contributed by atoms with Crippen molar-refractivity contribution in [3.05, 3.63) is 27.9 Å². The van der Waals surface area contributed by atoms with E-state index < -0.39 is 4.92 Å². The number of nitro groups is 1. The number of pyridine rings is 1. The molecular formula is C10H15N3O4. The molecule has 0 saturated heterocycles. The molecule has 1 rings (SSSR count). The third-order valence-electron chi connectivity index (χ3n) is 2.30. The van der Waals surface area contributed by atoms with Crippen molar-refractivity contribution in [1.82, 2.24) is 4.98 Å². The van der Waals surface area contributed by atoms with Crippen LogP contribution in [0.1, 0.15) is 5.69 Å². The highest BCUT2D eigenvalue weighted by Gasteiger charge is 2.14. The van der Waals surface area contributed by atoms with Crippen LogP contribution in [0.4, 0.5) is 11.5 Å². The van der Waals surface area contributed by atoms with Gasteiger partial charge in [0.15, 0.2) is 0 Å². The van der Waals surface area contributed by atoms with Gasteiger partial charge in [0.05, 0.1) is 18.1 Å². The molecule has 7 heteroatoms. The number of nitrogens with zero attached hydrogens (tertiary/aromatic N) is 3. The molecule has 0 aliphatic heterocycles. The quantitative estimate of drug-likeness (QED) is 0.541. The van der Waals surface area contributed by atoms with E-state index in [0.717, 1.165) is 0 Å². The third-order valence-corrected chi connectivity index (χ3v) is 2.30. The van der Waals surface area contributed by atoms with Crippen LogP contribution in [0.2, 0.25) is 0 Å². The van der Waals surface area contributed by atoms with Gasteiger partial charge in [-0.15, -0.1) is 0 Å². The van der Waals surface area contributed by atoms with Crippen molar-refractivity contribution in [3.63, 3.8) is 0 Å². The smallest absolute Gasteiger partial charge is 0.290 e. The van der Waals surface area contributed by atoms with E-state index in [1.807, 2.05) is 0 Å². The van der Waals surface area contributed by atoms with Gasteiger partial charge in [0.2, 0.25) is 0 Å². The Morgan fingerprint density at radius 3 is 2.35 bits per heavy atom. The van der Waals surface area contributed by atoms with E-state index in [1.165, 1.54) is 12.1 Å². The molecule has 0 aromatic carbocycles. The van der Waals surface area contributed by atoms with Crippen LogP contribution >= 0.6 is 0 Å². The summed E-state index contributed by atoms with van der Waals surface area (Å²) in [5, 5.41) is 28.4. The Hall–Kier alpha value is -1.73. The second kappa shape index (κ2) is 6.12. The first-order valence-electron chi connectivity index (χ1n) is 5.19. The molecule has 94 valence electrons. The minimum atomic E-state index is -0.492. The number of aliphatic hydroxyl groups is 2. The molecule has 0 spiro atoms. The van der Waals surface area contributed by atoms with E-state index in [9.17, 15) is 10.1 Å². The van der Waals surface area contributed by atoms with Gasteiger partial charge in [0.25, 0.3) is 5.69 Å². The Morgan fingerprint density at radius 2 is 1.94 bits per heavy atom. The van der Waals surface area contributed by atoms with E-state index in [2.05, 4.69) is 4.98 Å². The Morgan fingerprint density at radius 1 is 1.35 bits per heavy atom. The van der Waals surface area contributed by atoms with Crippen LogP contribution < -0.4 is 4.90 Å². The number of aromatic nitrogens is 1. The van der Waals surface area contributed by atoms with Gasteiger partial charge in [-0.2, -0.15) is 0 Å². The van der Waals surface area contributed by atoms with Crippen LogP contribution in [0.5, 0.6) is 0 Å². The van der Waals surface area contributed by atoms with Crippen LogP contribution in [0.3, 0.4) is 0 Å². The van der Waals surface area contributed by atoms with Crippen LogP contribution in [0.25, 0.3) is 0 Å². The molecule has 0 atom stereocenters. The number of rotatable bonds is 6. The van der Waals surface area contributed by atoms with Crippen molar-refractivity contribution >= 4 is 11.5 Å². The second-order valence-electron chi connectivity index (χ2n) is 3.47. The van der Waals surface area contributed by atoms with Gasteiger partial charge in [-0.1, -0.05) is 0 Å². The van der Waals surface area contributed by atoms with Crippen molar-refractivity contribution in [2.45, 2.75) is 6.92 Å². The molecule has 1 aromatic heterocycles. The Bertz CT molecular complexity index is 391. The van der Waals surface area contributed by atoms with Crippen molar-refractivity contribution in [3.8, 4) is 0 Å². The highest BCUT2D eigenvalue weighted by atomic mass is 16.6. The van der Waals surface area contributed by atoms with Crippen molar-refractivity contribution in [1.29, 1.82) is 0 Å². The predicted molar refractivity (Wildman–Crippen MR) is 62.0 cm³/mol. The largest absolute Gasteiger partial charge is 0.395 e. The van der Waals surface area contributed by atoms with E-state index in [0.29, 0.717) is 24.6 Å². The summed E-state index contributed by atoms with van der Waals surface area (Å²) in [5.41, 5.74) is 0.273. The highest BCUT2D eigenvalue weighted by molar-refractivity contribution is 5.46. The molecule has 17 heavy (non-hydrogen) atoms. The summed E-state index contributed by atoms with van der Waals surface area (Å²) in [6.07, 6.45) is 0. The first-order valence-corrected chi connectivity index (χ1v) is 5.19. The molecule has 0 fully saturated rings. The summed E-state index contributed by atoms with van der Waals surface area (Å²) in [4.78, 5) is 15.9. The SMILES string of the molecule is Cc1nc(N(CCO)CCO)ccc1[N+](=O)[O-]. The summed E-state index contributed by atoms with van der Waals surface area (Å²) < 4.78 is 0. The monoisotopic (exact) mass is 241 g/mol. The van der Waals surface area contributed by atoms with E-state index in [1.54, 1.807) is 11.8 Å². The summed E-state index contributed by atoms with van der Waals surface area (Å²) >= 11 is 0. The number of aliphatic hydroxyl groups excluding tert-OH is 2. The van der Waals surface area contributed by atoms with Gasteiger partial charge in [0.1, 0.15) is 11.5 Å². The lowest BCUT2D eigenvalue weighted by Crippen LogP contribution is -2.30. The van der Waals surface area contributed by atoms with E-state index in [-0.39, 0.29) is 18.9 Å². The van der Waals surface area contributed by atoms with Gasteiger partial charge in [-0.25, -0.2) is 4.98 Å². The maximum absolute atomic E-state index is 10.6. The van der Waals surface area contributed by atoms with Crippen molar-refractivity contribution in [2.24, 2.45) is 0 Å². The molecule has 1 aromatic rings. The van der Waals surface area contributed by atoms with Crippen LogP contribution in [-0.2, 0) is 0 Å². The molecule has 0 radical (unpaired) electrons. The predicted octanol–water partition coefficient (Wildman–Crippen LogP) is 0.0892. The van der Waals surface area contributed by atoms with Gasteiger partial charge in [0, 0.05) is 19.2 Å². The van der Waals surface area contributed by atoms with Gasteiger partial charge >= 0.3 is 0 Å². The number of hydrogen-bond acceptors (Lipinski definition) is 6. The van der Waals surface area contributed by atoms with E-state index in [4.69, 9.17) is 10.2 Å². The fraction of sp³-hybridized carbons (Fsp3) is 0.500. The maximum atomic E-state index is 10.6. The molecule has 2 N–H and O–H groups in total. The topological polar surface area (TPSA) is 99.7 Å². The zero-order valence-corrected chi connectivity index (χ0v) is 9.54. The normalized spacial score (nSPS) is 10.3. The molecule has 1 heterocycles. The lowest BCUT2D eigenvalue weighted by atomic mass is 10.3. The molecule has 0 saturated carbocycles. The lowest BCUT2D eigenvalue weighted by Gasteiger charge is -2.21. The molecule has 0 aliphatic carbocycles. The second-order valence-corrected chi connectivity index (χ2v) is 3.47. The summed E-state index contributed by atoms with van der Waals surface area (Å²) in [6, 6.07) is 2.88.